The van der Waals surface area contributed by atoms with E-state index < -0.39 is 46.8 Å². The Labute approximate surface area is 197 Å². The van der Waals surface area contributed by atoms with Gasteiger partial charge in [-0.1, -0.05) is 29.3 Å². The van der Waals surface area contributed by atoms with E-state index in [9.17, 15) is 31.1 Å². The molecule has 1 amide bonds. The maximum Gasteiger partial charge on any atom is 0.416 e. The van der Waals surface area contributed by atoms with Crippen molar-refractivity contribution in [1.82, 2.24) is 25.6 Å². The molecule has 0 saturated carbocycles. The Morgan fingerprint density at radius 1 is 1.06 bits per heavy atom. The van der Waals surface area contributed by atoms with Crippen molar-refractivity contribution in [3.63, 3.8) is 0 Å². The average molecular weight is 525 g/mol. The summed E-state index contributed by atoms with van der Waals surface area (Å²) in [5.41, 5.74) is -1.13. The molecule has 2 aromatic carbocycles. The minimum absolute atomic E-state index is 0.0206. The molecule has 34 heavy (non-hydrogen) atoms. The fourth-order valence-electron chi connectivity index (χ4n) is 2.58. The molecular formula is C19H12Cl2F6N6O. The first-order chi connectivity index (χ1) is 15.8. The van der Waals surface area contributed by atoms with Gasteiger partial charge in [0.15, 0.2) is 6.04 Å². The lowest BCUT2D eigenvalue weighted by Gasteiger charge is -2.13. The van der Waals surface area contributed by atoms with Gasteiger partial charge in [0.1, 0.15) is 0 Å². The fourth-order valence-corrected chi connectivity index (χ4v) is 3.08. The lowest BCUT2D eigenvalue weighted by molar-refractivity contribution is -0.143. The highest BCUT2D eigenvalue weighted by atomic mass is 35.5. The number of rotatable bonds is 5. The molecule has 7 nitrogen and oxygen atoms in total. The zero-order valence-electron chi connectivity index (χ0n) is 16.8. The Morgan fingerprint density at radius 3 is 2.15 bits per heavy atom. The molecule has 3 aromatic rings. The number of halogens is 8. The number of benzene rings is 2. The molecule has 0 saturated heterocycles. The van der Waals surface area contributed by atoms with Crippen molar-refractivity contribution >= 4 is 35.3 Å². The number of nitrogens with zero attached hydrogens (tertiary/aromatic N) is 5. The van der Waals surface area contributed by atoms with Crippen LogP contribution in [-0.2, 0) is 17.1 Å². The predicted molar refractivity (Wildman–Crippen MR) is 110 cm³/mol. The van der Waals surface area contributed by atoms with Gasteiger partial charge < -0.3 is 0 Å². The lowest BCUT2D eigenvalue weighted by Crippen LogP contribution is -2.28. The molecule has 180 valence electrons. The third-order valence-electron chi connectivity index (χ3n) is 4.37. The number of hydrogen-bond donors (Lipinski definition) is 1. The summed E-state index contributed by atoms with van der Waals surface area (Å²) in [5.74, 6) is -1.30. The minimum atomic E-state index is -5.04. The van der Waals surface area contributed by atoms with Crippen molar-refractivity contribution in [3.8, 4) is 11.4 Å². The van der Waals surface area contributed by atoms with E-state index in [1.165, 1.54) is 13.1 Å². The van der Waals surface area contributed by atoms with Crippen LogP contribution in [0.5, 0.6) is 0 Å². The van der Waals surface area contributed by atoms with Crippen molar-refractivity contribution in [1.29, 1.82) is 0 Å². The zero-order valence-corrected chi connectivity index (χ0v) is 18.3. The number of hydrazone groups is 1. The van der Waals surface area contributed by atoms with Gasteiger partial charge in [0.25, 0.3) is 5.91 Å². The van der Waals surface area contributed by atoms with Gasteiger partial charge in [-0.05, 0) is 42.5 Å². The van der Waals surface area contributed by atoms with Crippen LogP contribution in [0.2, 0.25) is 10.0 Å². The molecule has 0 radical (unpaired) electrons. The highest BCUT2D eigenvalue weighted by Crippen LogP contribution is 2.38. The number of nitrogens with one attached hydrogen (secondary N) is 1. The normalized spacial score (nSPS) is 13.3. The number of carbonyl (C=O) groups excluding carboxylic acids is 1. The third-order valence-corrected chi connectivity index (χ3v) is 5.03. The van der Waals surface area contributed by atoms with Gasteiger partial charge in [-0.25, -0.2) is 5.43 Å². The van der Waals surface area contributed by atoms with Crippen LogP contribution < -0.4 is 5.43 Å². The van der Waals surface area contributed by atoms with E-state index in [0.29, 0.717) is 17.7 Å². The van der Waals surface area contributed by atoms with E-state index in [4.69, 9.17) is 23.2 Å². The topological polar surface area (TPSA) is 85.1 Å². The van der Waals surface area contributed by atoms with Crippen molar-refractivity contribution < 1.29 is 31.1 Å². The molecule has 0 spiro atoms. The molecule has 1 heterocycles. The molecule has 1 aromatic heterocycles. The second-order valence-electron chi connectivity index (χ2n) is 6.77. The van der Waals surface area contributed by atoms with Gasteiger partial charge in [0.2, 0.25) is 5.82 Å². The smallest absolute Gasteiger partial charge is 0.271 e. The first-order valence-electron chi connectivity index (χ1n) is 9.13. The number of alkyl halides is 6. The van der Waals surface area contributed by atoms with Crippen LogP contribution in [0.3, 0.4) is 0 Å². The first kappa shape index (κ1) is 25.4. The van der Waals surface area contributed by atoms with Gasteiger partial charge in [0, 0.05) is 11.1 Å². The maximum absolute atomic E-state index is 13.1. The number of aromatic nitrogens is 4. The number of hydrogen-bond acceptors (Lipinski definition) is 5. The number of tetrazole rings is 1. The average Bonchev–Trinajstić information content (AvgIpc) is 3.24. The van der Waals surface area contributed by atoms with Crippen LogP contribution in [0.4, 0.5) is 26.3 Å². The molecule has 0 aliphatic rings. The summed E-state index contributed by atoms with van der Waals surface area (Å²) in [5, 5.41) is 15.1. The van der Waals surface area contributed by atoms with E-state index in [1.807, 2.05) is 0 Å². The largest absolute Gasteiger partial charge is 0.416 e. The van der Waals surface area contributed by atoms with Gasteiger partial charge >= 0.3 is 12.4 Å². The Kier molecular flexibility index (Phi) is 7.17. The first-order valence-corrected chi connectivity index (χ1v) is 9.89. The Bertz CT molecular complexity index is 1190. The van der Waals surface area contributed by atoms with Crippen LogP contribution in [0, 0.1) is 0 Å². The Hall–Kier alpha value is -3.19. The molecule has 0 aliphatic heterocycles. The highest BCUT2D eigenvalue weighted by Gasteiger charge is 2.37. The number of amides is 1. The summed E-state index contributed by atoms with van der Waals surface area (Å²) in [6.07, 6.45) is -8.89. The van der Waals surface area contributed by atoms with Crippen LogP contribution in [0.15, 0.2) is 41.5 Å². The van der Waals surface area contributed by atoms with Crippen LogP contribution >= 0.6 is 23.2 Å². The SMILES string of the molecule is C[C@H](C(=O)N/N=C\c1c(Cl)cccc1Cl)n1nnc(-c2cc(C(F)(F)F)cc(C(F)(F)F)c2)n1. The van der Waals surface area contributed by atoms with E-state index >= 15 is 0 Å². The van der Waals surface area contributed by atoms with E-state index in [1.54, 1.807) is 18.2 Å². The van der Waals surface area contributed by atoms with E-state index in [2.05, 4.69) is 25.9 Å². The molecule has 0 aliphatic carbocycles. The molecular weight excluding hydrogens is 513 g/mol. The Balaban J connectivity index is 1.82. The summed E-state index contributed by atoms with van der Waals surface area (Å²) < 4.78 is 78.4. The summed E-state index contributed by atoms with van der Waals surface area (Å²) in [6.45, 7) is 1.31. The predicted octanol–water partition coefficient (Wildman–Crippen LogP) is 5.40. The summed E-state index contributed by atoms with van der Waals surface area (Å²) in [6, 6.07) is 4.44. The van der Waals surface area contributed by atoms with Crippen molar-refractivity contribution in [2.45, 2.75) is 25.3 Å². The molecule has 0 bridgehead atoms. The van der Waals surface area contributed by atoms with E-state index in [0.717, 1.165) is 4.80 Å². The highest BCUT2D eigenvalue weighted by molar-refractivity contribution is 6.38. The Morgan fingerprint density at radius 2 is 1.62 bits per heavy atom. The van der Waals surface area contributed by atoms with Crippen molar-refractivity contribution in [3.05, 3.63) is 63.1 Å². The zero-order chi connectivity index (χ0) is 25.3. The molecule has 0 unspecified atom stereocenters. The van der Waals surface area contributed by atoms with Crippen LogP contribution in [-0.4, -0.2) is 32.3 Å². The summed E-state index contributed by atoms with van der Waals surface area (Å²) >= 11 is 12.0. The lowest BCUT2D eigenvalue weighted by atomic mass is 10.0. The molecule has 1 atom stereocenters. The number of carbonyl (C=O) groups is 1. The fraction of sp³-hybridized carbons (Fsp3) is 0.211. The van der Waals surface area contributed by atoms with Gasteiger partial charge in [-0.3, -0.25) is 4.79 Å². The minimum Gasteiger partial charge on any atom is -0.271 e. The molecule has 15 heteroatoms. The quantitative estimate of drug-likeness (QED) is 0.275. The summed E-state index contributed by atoms with van der Waals surface area (Å²) in [7, 11) is 0. The molecule has 3 rings (SSSR count). The van der Waals surface area contributed by atoms with Crippen LogP contribution in [0.1, 0.15) is 29.7 Å². The monoisotopic (exact) mass is 524 g/mol. The third kappa shape index (κ3) is 5.83. The summed E-state index contributed by atoms with van der Waals surface area (Å²) in [4.78, 5) is 13.0. The van der Waals surface area contributed by atoms with Gasteiger partial charge in [-0.2, -0.15) is 36.2 Å². The van der Waals surface area contributed by atoms with Gasteiger partial charge in [0.05, 0.1) is 27.4 Å². The second kappa shape index (κ2) is 9.58. The molecule has 1 N–H and O–H groups in total. The second-order valence-corrected chi connectivity index (χ2v) is 7.59. The standard InChI is InChI=1S/C19H12Cl2F6N6O/c1-9(17(34)30-28-8-13-14(20)3-2-4-15(13)21)33-31-16(29-32-33)10-5-11(18(22,23)24)7-12(6-10)19(25,26)27/h2-9H,1H3,(H,30,34)/b28-8-/t9-/m1/s1. The maximum atomic E-state index is 13.1. The van der Waals surface area contributed by atoms with Crippen molar-refractivity contribution in [2.24, 2.45) is 5.10 Å². The van der Waals surface area contributed by atoms with Gasteiger partial charge in [-0.15, -0.1) is 10.2 Å². The van der Waals surface area contributed by atoms with E-state index in [-0.39, 0.29) is 16.1 Å². The molecule has 0 fully saturated rings. The van der Waals surface area contributed by atoms with Crippen molar-refractivity contribution in [2.75, 3.05) is 0 Å². The van der Waals surface area contributed by atoms with Crippen LogP contribution in [0.25, 0.3) is 11.4 Å².